The first-order valence-corrected chi connectivity index (χ1v) is 5.91. The summed E-state index contributed by atoms with van der Waals surface area (Å²) in [7, 11) is 0. The summed E-state index contributed by atoms with van der Waals surface area (Å²) in [5, 5.41) is 3.52. The lowest BCUT2D eigenvalue weighted by Gasteiger charge is -2.11. The van der Waals surface area contributed by atoms with Gasteiger partial charge in [0, 0.05) is 11.5 Å². The van der Waals surface area contributed by atoms with Crippen molar-refractivity contribution < 1.29 is 17.6 Å². The van der Waals surface area contributed by atoms with Crippen LogP contribution in [0.4, 0.5) is 29.1 Å². The molecule has 0 aliphatic carbocycles. The first-order chi connectivity index (χ1) is 10.3. The van der Waals surface area contributed by atoms with Crippen molar-refractivity contribution in [2.24, 2.45) is 0 Å². The number of halogens is 4. The van der Waals surface area contributed by atoms with Gasteiger partial charge in [0.05, 0.1) is 17.4 Å². The zero-order valence-electron chi connectivity index (χ0n) is 10.8. The van der Waals surface area contributed by atoms with Crippen molar-refractivity contribution in [2.45, 2.75) is 6.18 Å². The normalized spacial score (nSPS) is 12.0. The van der Waals surface area contributed by atoms with Gasteiger partial charge < -0.3 is 11.5 Å². The van der Waals surface area contributed by atoms with Crippen LogP contribution in [0.15, 0.2) is 24.4 Å². The van der Waals surface area contributed by atoms with E-state index in [1.165, 1.54) is 12.3 Å². The maximum atomic E-state index is 13.3. The highest BCUT2D eigenvalue weighted by molar-refractivity contribution is 5.80. The van der Waals surface area contributed by atoms with Crippen molar-refractivity contribution in [3.05, 3.63) is 35.9 Å². The third kappa shape index (κ3) is 2.18. The topological polar surface area (TPSA) is 95.6 Å². The lowest BCUT2D eigenvalue weighted by atomic mass is 10.1. The molecule has 0 saturated carbocycles. The van der Waals surface area contributed by atoms with E-state index < -0.39 is 23.3 Å². The monoisotopic (exact) mass is 312 g/mol. The van der Waals surface area contributed by atoms with Gasteiger partial charge in [-0.3, -0.25) is 0 Å². The molecule has 0 amide bonds. The van der Waals surface area contributed by atoms with Crippen LogP contribution in [0.25, 0.3) is 16.9 Å². The molecule has 114 valence electrons. The summed E-state index contributed by atoms with van der Waals surface area (Å²) in [5.41, 5.74) is 9.83. The molecular formula is C12H8F4N6. The van der Waals surface area contributed by atoms with Crippen molar-refractivity contribution in [3.63, 3.8) is 0 Å². The van der Waals surface area contributed by atoms with Gasteiger partial charge in [0.1, 0.15) is 0 Å². The number of hydrogen-bond acceptors (Lipinski definition) is 5. The van der Waals surface area contributed by atoms with Crippen LogP contribution in [0.3, 0.4) is 0 Å². The van der Waals surface area contributed by atoms with Gasteiger partial charge in [0.2, 0.25) is 5.95 Å². The Labute approximate surface area is 120 Å². The fourth-order valence-corrected chi connectivity index (χ4v) is 1.97. The number of anilines is 2. The fourth-order valence-electron chi connectivity index (χ4n) is 1.97. The SMILES string of the molecule is Nc1cnn(-c2ccc3c(C(F)(F)F)cc(F)nc3n2)c1N. The Bertz CT molecular complexity index is 870. The number of hydrogen-bond donors (Lipinski definition) is 2. The van der Waals surface area contributed by atoms with E-state index in [0.717, 1.165) is 10.7 Å². The first kappa shape index (κ1) is 14.0. The van der Waals surface area contributed by atoms with E-state index in [9.17, 15) is 17.6 Å². The highest BCUT2D eigenvalue weighted by Gasteiger charge is 2.34. The van der Waals surface area contributed by atoms with E-state index in [0.29, 0.717) is 6.07 Å². The Morgan fingerprint density at radius 1 is 1.09 bits per heavy atom. The van der Waals surface area contributed by atoms with E-state index in [-0.39, 0.29) is 22.7 Å². The van der Waals surface area contributed by atoms with Gasteiger partial charge in [-0.25, -0.2) is 4.98 Å². The van der Waals surface area contributed by atoms with E-state index in [1.54, 1.807) is 0 Å². The Balaban J connectivity index is 2.25. The number of fused-ring (bicyclic) bond motifs is 1. The van der Waals surface area contributed by atoms with Crippen LogP contribution in [-0.4, -0.2) is 19.7 Å². The van der Waals surface area contributed by atoms with Crippen molar-refractivity contribution in [3.8, 4) is 5.82 Å². The smallest absolute Gasteiger partial charge is 0.394 e. The quantitative estimate of drug-likeness (QED) is 0.530. The van der Waals surface area contributed by atoms with E-state index >= 15 is 0 Å². The molecule has 3 aromatic heterocycles. The molecule has 3 rings (SSSR count). The predicted molar refractivity (Wildman–Crippen MR) is 70.4 cm³/mol. The molecule has 0 spiro atoms. The zero-order chi connectivity index (χ0) is 16.1. The van der Waals surface area contributed by atoms with Gasteiger partial charge in [0.25, 0.3) is 0 Å². The van der Waals surface area contributed by atoms with Crippen LogP contribution >= 0.6 is 0 Å². The number of pyridine rings is 2. The molecule has 0 bridgehead atoms. The average Bonchev–Trinajstić information content (AvgIpc) is 2.76. The highest BCUT2D eigenvalue weighted by Crippen LogP contribution is 2.34. The summed E-state index contributed by atoms with van der Waals surface area (Å²) in [6.45, 7) is 0. The first-order valence-electron chi connectivity index (χ1n) is 5.91. The maximum Gasteiger partial charge on any atom is 0.417 e. The maximum absolute atomic E-state index is 13.3. The average molecular weight is 312 g/mol. The minimum Gasteiger partial charge on any atom is -0.394 e. The lowest BCUT2D eigenvalue weighted by Crippen LogP contribution is -2.10. The number of rotatable bonds is 1. The number of aromatic nitrogens is 4. The van der Waals surface area contributed by atoms with Crippen molar-refractivity contribution in [2.75, 3.05) is 11.5 Å². The molecule has 0 aliphatic rings. The summed E-state index contributed by atoms with van der Waals surface area (Å²) in [6, 6.07) is 2.72. The second-order valence-electron chi connectivity index (χ2n) is 4.43. The minimum absolute atomic E-state index is 0.0688. The predicted octanol–water partition coefficient (Wildman–Crippen LogP) is 2.14. The molecule has 0 aromatic carbocycles. The molecule has 0 aliphatic heterocycles. The van der Waals surface area contributed by atoms with Gasteiger partial charge in [0.15, 0.2) is 17.3 Å². The van der Waals surface area contributed by atoms with Crippen LogP contribution in [0, 0.1) is 5.95 Å². The van der Waals surface area contributed by atoms with Crippen LogP contribution in [-0.2, 0) is 6.18 Å². The van der Waals surface area contributed by atoms with Crippen LogP contribution in [0.5, 0.6) is 0 Å². The minimum atomic E-state index is -4.72. The Morgan fingerprint density at radius 3 is 2.41 bits per heavy atom. The van der Waals surface area contributed by atoms with E-state index in [1.807, 2.05) is 0 Å². The Morgan fingerprint density at radius 2 is 1.82 bits per heavy atom. The molecule has 22 heavy (non-hydrogen) atoms. The van der Waals surface area contributed by atoms with Crippen LogP contribution < -0.4 is 11.5 Å². The third-order valence-electron chi connectivity index (χ3n) is 2.99. The molecule has 0 fully saturated rings. The molecule has 3 heterocycles. The summed E-state index contributed by atoms with van der Waals surface area (Å²) >= 11 is 0. The standard InChI is InChI=1S/C12H8F4N6/c13-8-3-6(12(14,15)16)5-1-2-9(21-11(5)20-8)22-10(18)7(17)4-19-22/h1-4H,17-18H2. The molecule has 0 saturated heterocycles. The van der Waals surface area contributed by atoms with Gasteiger partial charge in [-0.2, -0.15) is 32.3 Å². The van der Waals surface area contributed by atoms with E-state index in [4.69, 9.17) is 11.5 Å². The van der Waals surface area contributed by atoms with Gasteiger partial charge >= 0.3 is 6.18 Å². The number of nitrogen functional groups attached to an aromatic ring is 2. The third-order valence-corrected chi connectivity index (χ3v) is 2.99. The summed E-state index contributed by atoms with van der Waals surface area (Å²) < 4.78 is 53.2. The van der Waals surface area contributed by atoms with Crippen molar-refractivity contribution in [1.82, 2.24) is 19.7 Å². The summed E-state index contributed by atoms with van der Waals surface area (Å²) in [5.74, 6) is -1.13. The molecule has 6 nitrogen and oxygen atoms in total. The molecule has 3 aromatic rings. The Kier molecular flexibility index (Phi) is 2.90. The largest absolute Gasteiger partial charge is 0.417 e. The molecule has 10 heteroatoms. The fraction of sp³-hybridized carbons (Fsp3) is 0.0833. The number of alkyl halides is 3. The van der Waals surface area contributed by atoms with E-state index in [2.05, 4.69) is 15.1 Å². The molecule has 0 atom stereocenters. The molecule has 0 unspecified atom stereocenters. The second kappa shape index (κ2) is 4.55. The van der Waals surface area contributed by atoms with Gasteiger partial charge in [-0.1, -0.05) is 0 Å². The van der Waals surface area contributed by atoms with Gasteiger partial charge in [-0.15, -0.1) is 0 Å². The summed E-state index contributed by atoms with van der Waals surface area (Å²) in [4.78, 5) is 7.25. The zero-order valence-corrected chi connectivity index (χ0v) is 10.8. The van der Waals surface area contributed by atoms with Crippen molar-refractivity contribution in [1.29, 1.82) is 0 Å². The highest BCUT2D eigenvalue weighted by atomic mass is 19.4. The van der Waals surface area contributed by atoms with Crippen LogP contribution in [0.2, 0.25) is 0 Å². The van der Waals surface area contributed by atoms with Gasteiger partial charge in [-0.05, 0) is 12.1 Å². The summed E-state index contributed by atoms with van der Waals surface area (Å²) in [6.07, 6.45) is -3.46. The molecule has 0 radical (unpaired) electrons. The number of nitrogens with zero attached hydrogens (tertiary/aromatic N) is 4. The lowest BCUT2D eigenvalue weighted by molar-refractivity contribution is -0.136. The Hall–Kier alpha value is -2.91. The second-order valence-corrected chi connectivity index (χ2v) is 4.43. The van der Waals surface area contributed by atoms with Crippen LogP contribution in [0.1, 0.15) is 5.56 Å². The van der Waals surface area contributed by atoms with Crippen molar-refractivity contribution >= 4 is 22.5 Å². The molecule has 4 N–H and O–H groups in total. The number of nitrogens with two attached hydrogens (primary N) is 2. The molecular weight excluding hydrogens is 304 g/mol.